The third-order valence-corrected chi connectivity index (χ3v) is 17.2. The molecule has 0 bridgehead atoms. The summed E-state index contributed by atoms with van der Waals surface area (Å²) < 4.78 is 24.5. The lowest BCUT2D eigenvalue weighted by atomic mass is 10.1. The third-order valence-electron chi connectivity index (χ3n) is 17.2. The smallest absolute Gasteiger partial charge is 0.338 e. The van der Waals surface area contributed by atoms with E-state index >= 15 is 0 Å². The first-order chi connectivity index (χ1) is 43.9. The van der Waals surface area contributed by atoms with Crippen molar-refractivity contribution in [1.29, 1.82) is 0 Å². The zero-order valence-corrected chi connectivity index (χ0v) is 54.4. The SMILES string of the molecule is C=CC(=O)OC.C=CC(=O)OCCCCCCOC(=O)c1ccc(CN2CCCN3CCCC32)cc1.COC(=O)c1ccc(CN2CCCN3CCCC32)cc1.O=C(OCCCCCCO)c1ccc(CN2CCCN3CCCC32)cc1.OCCCCCCO. The van der Waals surface area contributed by atoms with E-state index in [1.807, 2.05) is 48.5 Å². The molecule has 3 aromatic rings. The van der Waals surface area contributed by atoms with Gasteiger partial charge < -0.3 is 39.0 Å². The molecule has 6 saturated heterocycles. The van der Waals surface area contributed by atoms with Crippen LogP contribution in [0.3, 0.4) is 0 Å². The van der Waals surface area contributed by atoms with Gasteiger partial charge in [-0.3, -0.25) is 29.4 Å². The number of methoxy groups -OCH3 is 2. The van der Waals surface area contributed by atoms with Crippen LogP contribution in [-0.4, -0.2) is 206 Å². The number of ether oxygens (including phenoxy) is 5. The third kappa shape index (κ3) is 27.5. The van der Waals surface area contributed by atoms with E-state index in [0.717, 1.165) is 109 Å². The summed E-state index contributed by atoms with van der Waals surface area (Å²) in [6.45, 7) is 22.4. The van der Waals surface area contributed by atoms with Gasteiger partial charge in [0.2, 0.25) is 0 Å². The Bertz CT molecular complexity index is 2510. The van der Waals surface area contributed by atoms with Gasteiger partial charge in [0.1, 0.15) is 0 Å². The first-order valence-corrected chi connectivity index (χ1v) is 33.4. The number of aliphatic hydroxyl groups excluding tert-OH is 3. The van der Waals surface area contributed by atoms with Crippen LogP contribution in [-0.2, 0) is 52.9 Å². The molecule has 19 nitrogen and oxygen atoms in total. The number of carbonyl (C=O) groups excluding carboxylic acids is 5. The van der Waals surface area contributed by atoms with E-state index in [2.05, 4.69) is 71.6 Å². The zero-order valence-electron chi connectivity index (χ0n) is 54.4. The van der Waals surface area contributed by atoms with Crippen molar-refractivity contribution in [3.63, 3.8) is 0 Å². The molecule has 0 aromatic heterocycles. The first-order valence-electron chi connectivity index (χ1n) is 33.4. The minimum atomic E-state index is -0.394. The molecule has 0 saturated carbocycles. The van der Waals surface area contributed by atoms with Gasteiger partial charge in [0.05, 0.1) is 69.2 Å². The highest BCUT2D eigenvalue weighted by molar-refractivity contribution is 5.90. The fraction of sp³-hybridized carbons (Fsp3) is 0.620. The van der Waals surface area contributed by atoms with Gasteiger partial charge >= 0.3 is 29.8 Å². The first kappa shape index (κ1) is 74.9. The molecule has 6 fully saturated rings. The number of carbonyl (C=O) groups is 5. The number of rotatable bonds is 29. The normalized spacial score (nSPS) is 19.0. The van der Waals surface area contributed by atoms with E-state index in [-0.39, 0.29) is 43.7 Å². The number of nitrogens with zero attached hydrogens (tertiary/aromatic N) is 6. The van der Waals surface area contributed by atoms with E-state index in [1.54, 1.807) is 0 Å². The summed E-state index contributed by atoms with van der Waals surface area (Å²) in [5, 5.41) is 25.3. The monoisotopic (exact) mass is 1250 g/mol. The van der Waals surface area contributed by atoms with Crippen LogP contribution >= 0.6 is 0 Å². The van der Waals surface area contributed by atoms with Crippen LogP contribution in [0.25, 0.3) is 0 Å². The molecule has 500 valence electrons. The molecule has 0 radical (unpaired) electrons. The second-order valence-corrected chi connectivity index (χ2v) is 23.8. The summed E-state index contributed by atoms with van der Waals surface area (Å²) in [5.74, 6) is -1.54. The molecule has 0 aliphatic carbocycles. The highest BCUT2D eigenvalue weighted by atomic mass is 16.5. The Morgan fingerprint density at radius 2 is 0.689 bits per heavy atom. The van der Waals surface area contributed by atoms with Crippen molar-refractivity contribution in [3.05, 3.63) is 131 Å². The lowest BCUT2D eigenvalue weighted by molar-refractivity contribution is -0.138. The summed E-state index contributed by atoms with van der Waals surface area (Å²) in [7, 11) is 2.72. The molecule has 0 amide bonds. The largest absolute Gasteiger partial charge is 0.466 e. The molecule has 9 rings (SSSR count). The summed E-state index contributed by atoms with van der Waals surface area (Å²) in [6.07, 6.45) is 26.6. The van der Waals surface area contributed by atoms with E-state index in [4.69, 9.17) is 34.3 Å². The Kier molecular flexibility index (Phi) is 37.1. The summed E-state index contributed by atoms with van der Waals surface area (Å²) >= 11 is 0. The van der Waals surface area contributed by atoms with Crippen LogP contribution < -0.4 is 0 Å². The van der Waals surface area contributed by atoms with Crippen molar-refractivity contribution in [2.24, 2.45) is 0 Å². The van der Waals surface area contributed by atoms with Crippen molar-refractivity contribution in [1.82, 2.24) is 29.4 Å². The average Bonchev–Trinajstić information content (AvgIpc) is 2.04. The minimum Gasteiger partial charge on any atom is -0.466 e. The summed E-state index contributed by atoms with van der Waals surface area (Å²) in [4.78, 5) is 72.1. The number of hydrogen-bond acceptors (Lipinski definition) is 19. The zero-order chi connectivity index (χ0) is 64.6. The average molecular weight is 1250 g/mol. The quantitative estimate of drug-likeness (QED) is 0.0255. The molecular weight excluding hydrogens is 1140 g/mol. The van der Waals surface area contributed by atoms with Gasteiger partial charge in [-0.1, -0.05) is 68.8 Å². The number of esters is 5. The van der Waals surface area contributed by atoms with Crippen LogP contribution in [0, 0.1) is 0 Å². The van der Waals surface area contributed by atoms with Crippen molar-refractivity contribution in [3.8, 4) is 0 Å². The lowest BCUT2D eigenvalue weighted by Gasteiger charge is -2.40. The Labute approximate surface area is 537 Å². The second kappa shape index (κ2) is 44.6. The van der Waals surface area contributed by atoms with Gasteiger partial charge in [-0.05, 0) is 188 Å². The molecule has 19 heteroatoms. The van der Waals surface area contributed by atoms with E-state index in [0.29, 0.717) is 55.0 Å². The maximum absolute atomic E-state index is 12.2. The summed E-state index contributed by atoms with van der Waals surface area (Å²) in [6, 6.07) is 23.6. The van der Waals surface area contributed by atoms with E-state index < -0.39 is 5.97 Å². The van der Waals surface area contributed by atoms with Crippen molar-refractivity contribution < 1.29 is 63.0 Å². The van der Waals surface area contributed by atoms with Crippen LogP contribution in [0.1, 0.15) is 183 Å². The van der Waals surface area contributed by atoms with E-state index in [1.165, 1.54) is 147 Å². The molecule has 3 N–H and O–H groups in total. The van der Waals surface area contributed by atoms with Gasteiger partial charge in [0, 0.05) is 90.9 Å². The molecular formula is C71H108N6O13. The van der Waals surface area contributed by atoms with Gasteiger partial charge in [-0.25, -0.2) is 24.0 Å². The molecule has 0 spiro atoms. The molecule has 6 heterocycles. The topological polar surface area (TPSA) is 212 Å². The number of hydrogen-bond donors (Lipinski definition) is 3. The molecule has 3 unspecified atom stereocenters. The summed E-state index contributed by atoms with van der Waals surface area (Å²) in [5.41, 5.74) is 5.64. The number of fused-ring (bicyclic) bond motifs is 3. The predicted molar refractivity (Wildman–Crippen MR) is 350 cm³/mol. The van der Waals surface area contributed by atoms with Gasteiger partial charge in [0.25, 0.3) is 0 Å². The van der Waals surface area contributed by atoms with Gasteiger partial charge in [0.15, 0.2) is 0 Å². The number of aliphatic hydroxyl groups is 3. The minimum absolute atomic E-state index is 0.237. The fourth-order valence-corrected chi connectivity index (χ4v) is 12.5. The van der Waals surface area contributed by atoms with Crippen LogP contribution in [0.15, 0.2) is 98.1 Å². The van der Waals surface area contributed by atoms with Gasteiger partial charge in [-0.15, -0.1) is 0 Å². The molecule has 3 atom stereocenters. The van der Waals surface area contributed by atoms with Crippen molar-refractivity contribution in [2.75, 3.05) is 113 Å². The number of benzene rings is 3. The molecule has 6 aliphatic heterocycles. The number of unbranched alkanes of at least 4 members (excludes halogenated alkanes) is 9. The van der Waals surface area contributed by atoms with Crippen LogP contribution in [0.2, 0.25) is 0 Å². The Hall–Kier alpha value is -5.87. The Morgan fingerprint density at radius 1 is 0.389 bits per heavy atom. The maximum atomic E-state index is 12.2. The highest BCUT2D eigenvalue weighted by Gasteiger charge is 2.35. The Morgan fingerprint density at radius 3 is 0.978 bits per heavy atom. The standard InChI is InChI=1S/C24H34N2O4.C21H32N2O3.C16H22N2O2.C6H14O2.C4H6O2/c1-2-23(27)29-17-5-3-4-6-18-30-24(28)21-12-10-20(11-13-21)19-26-16-8-15-25-14-7-9-22(25)26;24-15-3-1-2-4-16-26-21(25)19-10-8-18(9-11-19)17-23-14-6-13-22-12-5-7-20(22)23;1-20-16(19)14-7-5-13(6-8-14)12-18-11-3-10-17-9-2-4-15(17)18;7-5-3-1-2-4-6-8;1-3-4(5)6-2/h2,10-13,22H,1,3-9,14-19H2;8-11,20,24H,1-7,12-17H2;5-8,15H,2-4,9-12H2,1H3;7-8H,1-6H2;3H,1H2,2H3. The Balaban J connectivity index is 0.000000224. The van der Waals surface area contributed by atoms with Crippen molar-refractivity contribution >= 4 is 29.8 Å². The lowest BCUT2D eigenvalue weighted by Crippen LogP contribution is -2.49. The second-order valence-electron chi connectivity index (χ2n) is 23.8. The molecule has 3 aromatic carbocycles. The van der Waals surface area contributed by atoms with Crippen molar-refractivity contribution in [2.45, 2.75) is 173 Å². The maximum Gasteiger partial charge on any atom is 0.338 e. The predicted octanol–water partition coefficient (Wildman–Crippen LogP) is 9.76. The molecule has 6 aliphatic rings. The van der Waals surface area contributed by atoms with Gasteiger partial charge in [-0.2, -0.15) is 0 Å². The highest BCUT2D eigenvalue weighted by Crippen LogP contribution is 2.29. The van der Waals surface area contributed by atoms with Crippen LogP contribution in [0.5, 0.6) is 0 Å². The van der Waals surface area contributed by atoms with Crippen LogP contribution in [0.4, 0.5) is 0 Å². The fourth-order valence-electron chi connectivity index (χ4n) is 12.5. The molecule has 90 heavy (non-hydrogen) atoms. The van der Waals surface area contributed by atoms with E-state index in [9.17, 15) is 24.0 Å².